The Balaban J connectivity index is 0.000000171. The predicted molar refractivity (Wildman–Crippen MR) is 515 cm³/mol. The fourth-order valence-corrected chi connectivity index (χ4v) is 24.5. The van der Waals surface area contributed by atoms with Crippen LogP contribution in [0.5, 0.6) is 0 Å². The Morgan fingerprint density at radius 2 is 0.179 bits per heavy atom. The molecule has 0 aliphatic heterocycles. The first-order chi connectivity index (χ1) is 55.6. The molecule has 0 radical (unpaired) electrons. The van der Waals surface area contributed by atoms with Gasteiger partial charge in [-0.2, -0.15) is 0 Å². The normalized spacial score (nSPS) is 10.7. The van der Waals surface area contributed by atoms with Crippen molar-refractivity contribution in [2.24, 2.45) is 0 Å². The van der Waals surface area contributed by atoms with Crippen molar-refractivity contribution in [3.05, 3.63) is 364 Å². The Morgan fingerprint density at radius 1 is 0.107 bits per heavy atom. The average Bonchev–Trinajstić information content (AvgIpc) is 0.954. The smallest absolute Gasteiger partial charge is 0.306 e. The lowest BCUT2D eigenvalue weighted by molar-refractivity contribution is 0.385. The highest BCUT2D eigenvalue weighted by atomic mass is 33.1. The monoisotopic (exact) mass is 1930 g/mol. The summed E-state index contributed by atoms with van der Waals surface area (Å²) >= 11 is 14.7. The van der Waals surface area contributed by atoms with Gasteiger partial charge in [0, 0.05) is 58.7 Å². The first-order valence-corrected chi connectivity index (χ1v) is 57.1. The maximum absolute atomic E-state index is 5.69. The molecule has 576 valence electrons. The van der Waals surface area contributed by atoms with Crippen LogP contribution in [0.3, 0.4) is 0 Å². The first-order valence-electron chi connectivity index (χ1n) is 32.2. The molecule has 0 amide bonds. The van der Waals surface area contributed by atoms with Crippen LogP contribution in [0.4, 0.5) is 0 Å². The molecule has 0 saturated heterocycles. The van der Waals surface area contributed by atoms with Crippen molar-refractivity contribution in [2.75, 3.05) is 0 Å². The SMILES string of the molecule is c1ccc(SSOB(OSSc2ccccc2)OSSc2ccccc2)cc1.c1ccc(SSOB(OSSc2ccccc2)OSSc2ccccc2)cc1.c1ccc(SSOB(OSSc2ccccc2)OSSc2ccccc2)cc1.c1ccc(SSOB(OSSc2ccccc2)OSSc2ccccc2)cc1. The first kappa shape index (κ1) is 94.7. The molecule has 0 aromatic heterocycles. The molecule has 0 aliphatic rings. The van der Waals surface area contributed by atoms with Gasteiger partial charge in [0.15, 0.2) is 0 Å². The van der Waals surface area contributed by atoms with Gasteiger partial charge in [0.25, 0.3) is 0 Å². The number of rotatable bonds is 48. The van der Waals surface area contributed by atoms with Gasteiger partial charge in [-0.15, -0.1) is 0 Å². The quantitative estimate of drug-likeness (QED) is 0.0205. The van der Waals surface area contributed by atoms with Gasteiger partial charge in [0.2, 0.25) is 0 Å². The predicted octanol–water partition coefficient (Wildman–Crippen LogP) is 32.4. The van der Waals surface area contributed by atoms with Crippen LogP contribution < -0.4 is 0 Å². The van der Waals surface area contributed by atoms with Gasteiger partial charge in [0.1, 0.15) is 0 Å². The molecule has 0 spiro atoms. The minimum Gasteiger partial charge on any atom is -0.306 e. The Morgan fingerprint density at radius 3 is 0.250 bits per heavy atom. The summed E-state index contributed by atoms with van der Waals surface area (Å²) in [6.45, 7) is 0. The van der Waals surface area contributed by atoms with E-state index in [4.69, 9.17) is 49.2 Å². The van der Waals surface area contributed by atoms with Gasteiger partial charge in [-0.3, -0.25) is 0 Å². The summed E-state index contributed by atoms with van der Waals surface area (Å²) in [6, 6.07) is 120. The third-order valence-corrected chi connectivity index (χ3v) is 33.3. The van der Waals surface area contributed by atoms with E-state index in [0.29, 0.717) is 0 Å². The van der Waals surface area contributed by atoms with Crippen LogP contribution in [-0.2, 0) is 49.2 Å². The molecule has 12 aromatic rings. The molecule has 0 aliphatic carbocycles. The Labute approximate surface area is 753 Å². The van der Waals surface area contributed by atoms with E-state index < -0.39 is 29.3 Å². The van der Waals surface area contributed by atoms with Crippen LogP contribution in [-0.4, -0.2) is 29.3 Å². The zero-order chi connectivity index (χ0) is 77.1. The zero-order valence-corrected chi connectivity index (χ0v) is 77.2. The molecule has 0 fully saturated rings. The van der Waals surface area contributed by atoms with Crippen molar-refractivity contribution in [1.82, 2.24) is 0 Å². The maximum atomic E-state index is 5.69. The molecule has 40 heteroatoms. The van der Waals surface area contributed by atoms with Crippen LogP contribution in [0.25, 0.3) is 0 Å². The van der Waals surface area contributed by atoms with E-state index in [-0.39, 0.29) is 0 Å². The van der Waals surface area contributed by atoms with Crippen molar-refractivity contribution < 1.29 is 49.2 Å². The van der Waals surface area contributed by atoms with Gasteiger partial charge < -0.3 is 49.2 Å². The molecule has 12 rings (SSSR count). The Bertz CT molecular complexity index is 3250. The summed E-state index contributed by atoms with van der Waals surface area (Å²) in [7, 11) is 14.9. The summed E-state index contributed by atoms with van der Waals surface area (Å²) in [6.07, 6.45) is 0. The molecule has 0 unspecified atom stereocenters. The van der Waals surface area contributed by atoms with Gasteiger partial charge in [-0.25, -0.2) is 0 Å². The highest BCUT2D eigenvalue weighted by molar-refractivity contribution is 8.78. The summed E-state index contributed by atoms with van der Waals surface area (Å²) in [5, 5.41) is 0. The van der Waals surface area contributed by atoms with E-state index in [9.17, 15) is 0 Å². The topological polar surface area (TPSA) is 111 Å². The standard InChI is InChI=1S/4C18H15BO3S6/c4*1-4-10-16(11-5-1)23-26-20-19(21-27-24-17-12-6-2-7-13-17)22-28-25-18-14-8-3-9-15-18/h4*1-15H. The van der Waals surface area contributed by atoms with Crippen LogP contribution in [0.15, 0.2) is 423 Å². The molecule has 12 nitrogen and oxygen atoms in total. The molecular formula is C72H60B4O12S24. The second kappa shape index (κ2) is 63.8. The molecule has 0 atom stereocenters. The molecular weight excluding hydrogens is 1870 g/mol. The Hall–Kier alpha value is -1.18. The molecule has 12 aromatic carbocycles. The van der Waals surface area contributed by atoms with Crippen LogP contribution in [0.1, 0.15) is 0 Å². The lowest BCUT2D eigenvalue weighted by atomic mass is 10.3. The molecule has 112 heavy (non-hydrogen) atoms. The highest BCUT2D eigenvalue weighted by Gasteiger charge is 2.29. The van der Waals surface area contributed by atoms with Crippen molar-refractivity contribution >= 4 is 292 Å². The van der Waals surface area contributed by atoms with Crippen LogP contribution in [0, 0.1) is 0 Å². The molecule has 0 N–H and O–H groups in total. The lowest BCUT2D eigenvalue weighted by Gasteiger charge is -2.10. The van der Waals surface area contributed by atoms with Crippen molar-refractivity contribution in [2.45, 2.75) is 58.7 Å². The van der Waals surface area contributed by atoms with E-state index in [1.807, 2.05) is 364 Å². The van der Waals surface area contributed by atoms with Gasteiger partial charge in [-0.05, 0) is 275 Å². The number of hydrogen-bond donors (Lipinski definition) is 0. The minimum atomic E-state index is -0.816. The van der Waals surface area contributed by atoms with Gasteiger partial charge >= 0.3 is 29.3 Å². The second-order valence-corrected chi connectivity index (χ2v) is 42.4. The zero-order valence-electron chi connectivity index (χ0n) is 57.6. The van der Waals surface area contributed by atoms with Crippen molar-refractivity contribution in [1.29, 1.82) is 0 Å². The molecule has 0 bridgehead atoms. The largest absolute Gasteiger partial charge is 0.676 e. The van der Waals surface area contributed by atoms with Crippen LogP contribution >= 0.6 is 262 Å². The summed E-state index contributed by atoms with van der Waals surface area (Å²) < 4.78 is 68.3. The van der Waals surface area contributed by atoms with E-state index in [1.165, 1.54) is 262 Å². The fraction of sp³-hybridized carbons (Fsp3) is 0. The Kier molecular flexibility index (Phi) is 53.9. The second-order valence-electron chi connectivity index (χ2n) is 19.9. The van der Waals surface area contributed by atoms with Crippen molar-refractivity contribution in [3.8, 4) is 0 Å². The molecule has 0 heterocycles. The summed E-state index contributed by atoms with van der Waals surface area (Å²) in [5.74, 6) is 0. The van der Waals surface area contributed by atoms with Gasteiger partial charge in [0.05, 0.1) is 133 Å². The van der Waals surface area contributed by atoms with E-state index >= 15 is 0 Å². The van der Waals surface area contributed by atoms with E-state index in [0.717, 1.165) is 58.7 Å². The molecule has 0 saturated carbocycles. The van der Waals surface area contributed by atoms with E-state index in [1.54, 1.807) is 0 Å². The maximum Gasteiger partial charge on any atom is 0.676 e. The third kappa shape index (κ3) is 45.5. The summed E-state index contributed by atoms with van der Waals surface area (Å²) in [5.41, 5.74) is 0. The van der Waals surface area contributed by atoms with Crippen LogP contribution in [0.2, 0.25) is 0 Å². The third-order valence-electron chi connectivity index (χ3n) is 11.9. The van der Waals surface area contributed by atoms with Crippen molar-refractivity contribution in [3.63, 3.8) is 0 Å². The minimum absolute atomic E-state index is 0.816. The number of hydrogen-bond acceptors (Lipinski definition) is 36. The average molecular weight is 1930 g/mol. The summed E-state index contributed by atoms with van der Waals surface area (Å²) in [4.78, 5) is 13.2. The fourth-order valence-electron chi connectivity index (χ4n) is 7.00. The van der Waals surface area contributed by atoms with E-state index in [2.05, 4.69) is 0 Å². The van der Waals surface area contributed by atoms with Gasteiger partial charge in [-0.1, -0.05) is 218 Å². The highest BCUT2D eigenvalue weighted by Crippen LogP contribution is 2.45. The lowest BCUT2D eigenvalue weighted by Crippen LogP contribution is -2.17. The number of benzene rings is 12.